The number of benzene rings is 1. The molecule has 1 fully saturated rings. The Kier molecular flexibility index (Phi) is 5.25. The van der Waals surface area contributed by atoms with Gasteiger partial charge in [0.2, 0.25) is 15.9 Å². The van der Waals surface area contributed by atoms with Gasteiger partial charge in [0.05, 0.1) is 25.2 Å². The van der Waals surface area contributed by atoms with Crippen molar-refractivity contribution in [3.63, 3.8) is 0 Å². The molecule has 0 unspecified atom stereocenters. The molecule has 0 spiro atoms. The lowest BCUT2D eigenvalue weighted by molar-refractivity contribution is -0.135. The van der Waals surface area contributed by atoms with Crippen molar-refractivity contribution in [2.75, 3.05) is 42.6 Å². The summed E-state index contributed by atoms with van der Waals surface area (Å²) in [6.07, 6.45) is 1.09. The van der Waals surface area contributed by atoms with Crippen molar-refractivity contribution in [3.05, 3.63) is 24.3 Å². The lowest BCUT2D eigenvalue weighted by Crippen LogP contribution is -2.46. The Balaban J connectivity index is 2.00. The van der Waals surface area contributed by atoms with Gasteiger partial charge < -0.3 is 15.0 Å². The standard InChI is InChI=1S/C14H21N3O4S/c1-11(14(18)17-6-8-21-9-7-17)15-12-4-3-5-13(10-12)16-22(2,19)20/h3-5,10-11,15-16H,6-9H2,1-2H3/t11-/m1/s1. The van der Waals surface area contributed by atoms with E-state index in [2.05, 4.69) is 10.0 Å². The second-order valence-corrected chi connectivity index (χ2v) is 7.01. The first kappa shape index (κ1) is 16.6. The third-order valence-electron chi connectivity index (χ3n) is 3.24. The number of carbonyl (C=O) groups is 1. The summed E-state index contributed by atoms with van der Waals surface area (Å²) in [5, 5.41) is 3.10. The number of morpholine rings is 1. The molecule has 1 aromatic carbocycles. The number of rotatable bonds is 5. The highest BCUT2D eigenvalue weighted by Crippen LogP contribution is 2.17. The Labute approximate surface area is 130 Å². The SMILES string of the molecule is C[C@@H](Nc1cccc(NS(C)(=O)=O)c1)C(=O)N1CCOCC1. The Morgan fingerprint density at radius 1 is 1.27 bits per heavy atom. The molecule has 7 nitrogen and oxygen atoms in total. The summed E-state index contributed by atoms with van der Waals surface area (Å²) in [6, 6.07) is 6.43. The van der Waals surface area contributed by atoms with E-state index >= 15 is 0 Å². The van der Waals surface area contributed by atoms with E-state index in [9.17, 15) is 13.2 Å². The molecule has 0 radical (unpaired) electrons. The van der Waals surface area contributed by atoms with Crippen molar-refractivity contribution >= 4 is 27.3 Å². The van der Waals surface area contributed by atoms with Crippen molar-refractivity contribution in [2.45, 2.75) is 13.0 Å². The maximum Gasteiger partial charge on any atom is 0.244 e. The van der Waals surface area contributed by atoms with Gasteiger partial charge in [0.15, 0.2) is 0 Å². The molecule has 1 aromatic rings. The molecular weight excluding hydrogens is 306 g/mol. The first-order chi connectivity index (χ1) is 10.3. The first-order valence-electron chi connectivity index (χ1n) is 7.06. The van der Waals surface area contributed by atoms with Crippen LogP contribution >= 0.6 is 0 Å². The Morgan fingerprint density at radius 2 is 1.91 bits per heavy atom. The number of nitrogens with zero attached hydrogens (tertiary/aromatic N) is 1. The third kappa shape index (κ3) is 4.88. The van der Waals surface area contributed by atoms with Gasteiger partial charge in [-0.25, -0.2) is 8.42 Å². The van der Waals surface area contributed by atoms with Crippen LogP contribution in [-0.2, 0) is 19.6 Å². The Bertz CT molecular complexity index is 627. The van der Waals surface area contributed by atoms with E-state index in [-0.39, 0.29) is 5.91 Å². The Morgan fingerprint density at radius 3 is 2.55 bits per heavy atom. The molecule has 2 N–H and O–H groups in total. The van der Waals surface area contributed by atoms with Crippen LogP contribution in [0.4, 0.5) is 11.4 Å². The van der Waals surface area contributed by atoms with Gasteiger partial charge in [0.1, 0.15) is 6.04 Å². The molecule has 2 rings (SSSR count). The van der Waals surface area contributed by atoms with E-state index < -0.39 is 16.1 Å². The molecule has 1 saturated heterocycles. The van der Waals surface area contributed by atoms with Crippen LogP contribution in [0.3, 0.4) is 0 Å². The molecule has 0 saturated carbocycles. The Hall–Kier alpha value is -1.80. The second-order valence-electron chi connectivity index (χ2n) is 5.26. The van der Waals surface area contributed by atoms with E-state index in [0.29, 0.717) is 37.7 Å². The third-order valence-corrected chi connectivity index (χ3v) is 3.85. The summed E-state index contributed by atoms with van der Waals surface area (Å²) in [4.78, 5) is 14.1. The average Bonchev–Trinajstić information content (AvgIpc) is 2.46. The maximum atomic E-state index is 12.3. The number of ether oxygens (including phenoxy) is 1. The zero-order valence-electron chi connectivity index (χ0n) is 12.7. The van der Waals surface area contributed by atoms with Crippen LogP contribution in [-0.4, -0.2) is 57.8 Å². The topological polar surface area (TPSA) is 87.7 Å². The largest absolute Gasteiger partial charge is 0.378 e. The predicted molar refractivity (Wildman–Crippen MR) is 85.4 cm³/mol. The fraction of sp³-hybridized carbons (Fsp3) is 0.500. The quantitative estimate of drug-likeness (QED) is 0.832. The summed E-state index contributed by atoms with van der Waals surface area (Å²) in [5.41, 5.74) is 1.14. The number of sulfonamides is 1. The van der Waals surface area contributed by atoms with Crippen LogP contribution in [0.25, 0.3) is 0 Å². The van der Waals surface area contributed by atoms with Gasteiger partial charge >= 0.3 is 0 Å². The molecule has 1 atom stereocenters. The minimum absolute atomic E-state index is 0.00442. The zero-order valence-corrected chi connectivity index (χ0v) is 13.5. The van der Waals surface area contributed by atoms with E-state index in [0.717, 1.165) is 6.26 Å². The number of hydrogen-bond donors (Lipinski definition) is 2. The van der Waals surface area contributed by atoms with Crippen LogP contribution in [0, 0.1) is 0 Å². The van der Waals surface area contributed by atoms with Crippen LogP contribution in [0.1, 0.15) is 6.92 Å². The van der Waals surface area contributed by atoms with Gasteiger partial charge in [-0.15, -0.1) is 0 Å². The summed E-state index contributed by atoms with van der Waals surface area (Å²) in [6.45, 7) is 4.11. The minimum Gasteiger partial charge on any atom is -0.378 e. The van der Waals surface area contributed by atoms with Crippen molar-refractivity contribution < 1.29 is 17.9 Å². The fourth-order valence-corrected chi connectivity index (χ4v) is 2.81. The highest BCUT2D eigenvalue weighted by molar-refractivity contribution is 7.92. The first-order valence-corrected chi connectivity index (χ1v) is 8.95. The number of amides is 1. The number of nitrogens with one attached hydrogen (secondary N) is 2. The number of hydrogen-bond acceptors (Lipinski definition) is 5. The van der Waals surface area contributed by atoms with Crippen LogP contribution in [0.5, 0.6) is 0 Å². The lowest BCUT2D eigenvalue weighted by Gasteiger charge is -2.29. The number of carbonyl (C=O) groups excluding carboxylic acids is 1. The zero-order chi connectivity index (χ0) is 16.2. The van der Waals surface area contributed by atoms with E-state index in [1.807, 2.05) is 0 Å². The monoisotopic (exact) mass is 327 g/mol. The van der Waals surface area contributed by atoms with Gasteiger partial charge in [0.25, 0.3) is 0 Å². The molecule has 22 heavy (non-hydrogen) atoms. The summed E-state index contributed by atoms with van der Waals surface area (Å²) >= 11 is 0. The molecule has 1 aliphatic heterocycles. The smallest absolute Gasteiger partial charge is 0.244 e. The molecule has 8 heteroatoms. The summed E-state index contributed by atoms with van der Waals surface area (Å²) < 4.78 is 30.1. The molecule has 0 bridgehead atoms. The van der Waals surface area contributed by atoms with Gasteiger partial charge in [-0.1, -0.05) is 6.07 Å². The van der Waals surface area contributed by atoms with Gasteiger partial charge in [-0.2, -0.15) is 0 Å². The van der Waals surface area contributed by atoms with E-state index in [1.165, 1.54) is 0 Å². The normalized spacial score (nSPS) is 16.9. The highest BCUT2D eigenvalue weighted by atomic mass is 32.2. The van der Waals surface area contributed by atoms with Crippen molar-refractivity contribution in [2.24, 2.45) is 0 Å². The van der Waals surface area contributed by atoms with Gasteiger partial charge in [-0.3, -0.25) is 9.52 Å². The lowest BCUT2D eigenvalue weighted by atomic mass is 10.2. The second kappa shape index (κ2) is 6.97. The molecule has 1 amide bonds. The van der Waals surface area contributed by atoms with E-state index in [4.69, 9.17) is 4.74 Å². The molecule has 1 aliphatic rings. The molecule has 0 aromatic heterocycles. The summed E-state index contributed by atoms with van der Waals surface area (Å²) in [5.74, 6) is 0.00442. The maximum absolute atomic E-state index is 12.3. The highest BCUT2D eigenvalue weighted by Gasteiger charge is 2.22. The average molecular weight is 327 g/mol. The van der Waals surface area contributed by atoms with Crippen LogP contribution < -0.4 is 10.0 Å². The predicted octanol–water partition coefficient (Wildman–Crippen LogP) is 0.717. The molecular formula is C14H21N3O4S. The molecule has 1 heterocycles. The number of anilines is 2. The summed E-state index contributed by atoms with van der Waals surface area (Å²) in [7, 11) is -3.32. The minimum atomic E-state index is -3.32. The van der Waals surface area contributed by atoms with Crippen LogP contribution in [0.2, 0.25) is 0 Å². The van der Waals surface area contributed by atoms with Gasteiger partial charge in [-0.05, 0) is 25.1 Å². The van der Waals surface area contributed by atoms with E-state index in [1.54, 1.807) is 36.1 Å². The fourth-order valence-electron chi connectivity index (χ4n) is 2.26. The van der Waals surface area contributed by atoms with Gasteiger partial charge in [0, 0.05) is 18.8 Å². The van der Waals surface area contributed by atoms with Crippen molar-refractivity contribution in [1.82, 2.24) is 4.90 Å². The molecule has 122 valence electrons. The van der Waals surface area contributed by atoms with Crippen molar-refractivity contribution in [1.29, 1.82) is 0 Å². The van der Waals surface area contributed by atoms with Crippen LogP contribution in [0.15, 0.2) is 24.3 Å². The van der Waals surface area contributed by atoms with Crippen molar-refractivity contribution in [3.8, 4) is 0 Å². The molecule has 0 aliphatic carbocycles.